The molecule has 0 spiro atoms. The van der Waals surface area contributed by atoms with E-state index in [4.69, 9.17) is 5.21 Å². The van der Waals surface area contributed by atoms with Crippen LogP contribution in [0.25, 0.3) is 0 Å². The first kappa shape index (κ1) is 12.6. The first-order valence-corrected chi connectivity index (χ1v) is 6.69. The molecule has 0 aliphatic carbocycles. The molecule has 2 heterocycles. The molecule has 2 aliphatic heterocycles. The number of nitrogens with one attached hydrogen (secondary N) is 1. The number of nitrogens with zero attached hydrogens (tertiary/aromatic N) is 1. The Kier molecular flexibility index (Phi) is 3.24. The lowest BCUT2D eigenvalue weighted by atomic mass is 9.87. The second-order valence-electron chi connectivity index (χ2n) is 5.36. The highest BCUT2D eigenvalue weighted by atomic mass is 19.1. The molecule has 4 nitrogen and oxygen atoms in total. The van der Waals surface area contributed by atoms with Gasteiger partial charge in [-0.3, -0.25) is 14.9 Å². The number of carbonyl (C=O) groups excluding carboxylic acids is 1. The van der Waals surface area contributed by atoms with Gasteiger partial charge in [-0.1, -0.05) is 6.42 Å². The molecule has 1 atom stereocenters. The molecule has 1 saturated heterocycles. The van der Waals surface area contributed by atoms with Gasteiger partial charge in [0.15, 0.2) is 0 Å². The van der Waals surface area contributed by atoms with E-state index >= 15 is 0 Å². The number of amides is 1. The molecular weight excluding hydrogens is 247 g/mol. The summed E-state index contributed by atoms with van der Waals surface area (Å²) in [6, 6.07) is 3.34. The van der Waals surface area contributed by atoms with Gasteiger partial charge in [0.1, 0.15) is 5.82 Å². The Bertz CT molecular complexity index is 518. The van der Waals surface area contributed by atoms with E-state index in [0.717, 1.165) is 30.5 Å². The molecule has 0 saturated carbocycles. The third kappa shape index (κ3) is 2.24. The van der Waals surface area contributed by atoms with Crippen LogP contribution in [0, 0.1) is 5.82 Å². The summed E-state index contributed by atoms with van der Waals surface area (Å²) in [7, 11) is 0. The summed E-state index contributed by atoms with van der Waals surface area (Å²) in [5, 5.41) is 8.64. The van der Waals surface area contributed by atoms with E-state index in [9.17, 15) is 9.18 Å². The predicted octanol–water partition coefficient (Wildman–Crippen LogP) is 1.86. The summed E-state index contributed by atoms with van der Waals surface area (Å²) in [4.78, 5) is 13.8. The number of hydroxylamine groups is 1. The van der Waals surface area contributed by atoms with Crippen molar-refractivity contribution in [3.63, 3.8) is 0 Å². The van der Waals surface area contributed by atoms with Crippen LogP contribution in [0.3, 0.4) is 0 Å². The van der Waals surface area contributed by atoms with E-state index in [0.29, 0.717) is 12.6 Å². The molecule has 1 amide bonds. The number of rotatable bonds is 1. The Balaban J connectivity index is 1.96. The topological polar surface area (TPSA) is 52.6 Å². The van der Waals surface area contributed by atoms with Crippen LogP contribution < -0.4 is 5.48 Å². The van der Waals surface area contributed by atoms with Crippen LogP contribution in [-0.4, -0.2) is 28.6 Å². The Hall–Kier alpha value is -1.46. The van der Waals surface area contributed by atoms with Gasteiger partial charge in [-0.15, -0.1) is 0 Å². The van der Waals surface area contributed by atoms with Gasteiger partial charge < -0.3 is 0 Å². The van der Waals surface area contributed by atoms with E-state index < -0.39 is 5.91 Å². The van der Waals surface area contributed by atoms with Crippen molar-refractivity contribution in [3.05, 3.63) is 34.6 Å². The molecule has 0 aromatic heterocycles. The quantitative estimate of drug-likeness (QED) is 0.601. The van der Waals surface area contributed by atoms with E-state index in [1.54, 1.807) is 11.5 Å². The lowest BCUT2D eigenvalue weighted by molar-refractivity contribution is 0.0705. The molecule has 2 aliphatic rings. The van der Waals surface area contributed by atoms with Crippen molar-refractivity contribution in [1.29, 1.82) is 0 Å². The number of halogens is 1. The van der Waals surface area contributed by atoms with E-state index in [1.807, 2.05) is 0 Å². The minimum Gasteiger partial charge on any atom is -0.296 e. The predicted molar refractivity (Wildman–Crippen MR) is 67.4 cm³/mol. The van der Waals surface area contributed by atoms with E-state index in [-0.39, 0.29) is 11.4 Å². The van der Waals surface area contributed by atoms with Gasteiger partial charge in [-0.2, -0.15) is 0 Å². The van der Waals surface area contributed by atoms with Crippen molar-refractivity contribution in [1.82, 2.24) is 10.4 Å². The van der Waals surface area contributed by atoms with Gasteiger partial charge in [0.25, 0.3) is 5.91 Å². The molecule has 5 heteroatoms. The summed E-state index contributed by atoms with van der Waals surface area (Å²) in [6.07, 6.45) is 4.24. The maximum atomic E-state index is 14.1. The number of benzene rings is 1. The smallest absolute Gasteiger partial charge is 0.274 e. The second-order valence-corrected chi connectivity index (χ2v) is 5.36. The van der Waals surface area contributed by atoms with Crippen molar-refractivity contribution < 1.29 is 14.4 Å². The number of carbonyl (C=O) groups is 1. The maximum absolute atomic E-state index is 14.1. The zero-order valence-corrected chi connectivity index (χ0v) is 10.7. The molecule has 1 aromatic carbocycles. The van der Waals surface area contributed by atoms with Gasteiger partial charge in [0, 0.05) is 18.2 Å². The van der Waals surface area contributed by atoms with Crippen LogP contribution in [0.1, 0.15) is 40.7 Å². The van der Waals surface area contributed by atoms with Gasteiger partial charge in [-0.25, -0.2) is 9.87 Å². The SMILES string of the molecule is O=C(NO)c1cc(F)c2c(c1)CN1CCCCC1C2. The monoisotopic (exact) mass is 264 g/mol. The average Bonchev–Trinajstić information content (AvgIpc) is 2.44. The van der Waals surface area contributed by atoms with E-state index in [1.165, 1.54) is 18.9 Å². The third-order valence-electron chi connectivity index (χ3n) is 4.21. The highest BCUT2D eigenvalue weighted by Gasteiger charge is 2.30. The number of hydrogen-bond donors (Lipinski definition) is 2. The lowest BCUT2D eigenvalue weighted by Crippen LogP contribution is -2.43. The summed E-state index contributed by atoms with van der Waals surface area (Å²) in [5.74, 6) is -0.996. The molecule has 19 heavy (non-hydrogen) atoms. The summed E-state index contributed by atoms with van der Waals surface area (Å²) >= 11 is 0. The zero-order chi connectivity index (χ0) is 13.4. The summed E-state index contributed by atoms with van der Waals surface area (Å²) < 4.78 is 14.1. The fourth-order valence-corrected chi connectivity index (χ4v) is 3.21. The van der Waals surface area contributed by atoms with Gasteiger partial charge in [0.05, 0.1) is 0 Å². The Morgan fingerprint density at radius 1 is 1.42 bits per heavy atom. The molecule has 1 unspecified atom stereocenters. The number of hydrogen-bond acceptors (Lipinski definition) is 3. The molecule has 0 radical (unpaired) electrons. The van der Waals surface area contributed by atoms with Crippen molar-refractivity contribution in [2.24, 2.45) is 0 Å². The molecule has 1 aromatic rings. The summed E-state index contributed by atoms with van der Waals surface area (Å²) in [5.41, 5.74) is 3.33. The molecule has 1 fully saturated rings. The van der Waals surface area contributed by atoms with Gasteiger partial charge >= 0.3 is 0 Å². The largest absolute Gasteiger partial charge is 0.296 e. The molecular formula is C14H17FN2O2. The van der Waals surface area contributed by atoms with Crippen LogP contribution in [0.15, 0.2) is 12.1 Å². The fourth-order valence-electron chi connectivity index (χ4n) is 3.21. The first-order valence-electron chi connectivity index (χ1n) is 6.69. The lowest BCUT2D eigenvalue weighted by Gasteiger charge is -2.40. The Morgan fingerprint density at radius 2 is 2.26 bits per heavy atom. The fraction of sp³-hybridized carbons (Fsp3) is 0.500. The van der Waals surface area contributed by atoms with Crippen LogP contribution in [0.5, 0.6) is 0 Å². The number of piperidine rings is 1. The highest BCUT2D eigenvalue weighted by Crippen LogP contribution is 2.31. The maximum Gasteiger partial charge on any atom is 0.274 e. The Morgan fingerprint density at radius 3 is 3.05 bits per heavy atom. The average molecular weight is 264 g/mol. The zero-order valence-electron chi connectivity index (χ0n) is 10.7. The van der Waals surface area contributed by atoms with Crippen LogP contribution >= 0.6 is 0 Å². The number of fused-ring (bicyclic) bond motifs is 2. The molecule has 102 valence electrons. The van der Waals surface area contributed by atoms with E-state index in [2.05, 4.69) is 4.90 Å². The molecule has 0 bridgehead atoms. The van der Waals surface area contributed by atoms with Crippen LogP contribution in [0.4, 0.5) is 4.39 Å². The molecule has 3 rings (SSSR count). The standard InChI is InChI=1S/C14H17FN2O2/c15-13-6-9(14(18)16-19)5-10-8-17-4-2-1-3-11(17)7-12(10)13/h5-6,11,19H,1-4,7-8H2,(H,16,18). The Labute approximate surface area is 111 Å². The van der Waals surface area contributed by atoms with Crippen molar-refractivity contribution in [2.45, 2.75) is 38.3 Å². The van der Waals surface area contributed by atoms with Crippen LogP contribution in [0.2, 0.25) is 0 Å². The van der Waals surface area contributed by atoms with Gasteiger partial charge in [-0.05, 0) is 49.1 Å². The second kappa shape index (κ2) is 4.90. The van der Waals surface area contributed by atoms with Crippen molar-refractivity contribution >= 4 is 5.91 Å². The normalized spacial score (nSPS) is 22.5. The van der Waals surface area contributed by atoms with Crippen LogP contribution in [-0.2, 0) is 13.0 Å². The third-order valence-corrected chi connectivity index (χ3v) is 4.21. The first-order chi connectivity index (χ1) is 9.19. The minimum absolute atomic E-state index is 0.175. The molecule has 2 N–H and O–H groups in total. The highest BCUT2D eigenvalue weighted by molar-refractivity contribution is 5.93. The summed E-state index contributed by atoms with van der Waals surface area (Å²) in [6.45, 7) is 1.74. The van der Waals surface area contributed by atoms with Crippen molar-refractivity contribution in [3.8, 4) is 0 Å². The van der Waals surface area contributed by atoms with Gasteiger partial charge in [0.2, 0.25) is 0 Å². The minimum atomic E-state index is -0.664. The van der Waals surface area contributed by atoms with Crippen molar-refractivity contribution in [2.75, 3.05) is 6.54 Å².